The zero-order valence-corrected chi connectivity index (χ0v) is 7.68. The third kappa shape index (κ3) is 6.27. The van der Waals surface area contributed by atoms with Crippen molar-refractivity contribution in [3.8, 4) is 0 Å². The molecule has 0 aromatic rings. The van der Waals surface area contributed by atoms with Gasteiger partial charge in [0.1, 0.15) is 5.78 Å². The van der Waals surface area contributed by atoms with E-state index < -0.39 is 0 Å². The minimum atomic E-state index is -0.310. The van der Waals surface area contributed by atoms with E-state index in [2.05, 4.69) is 5.32 Å². The molecule has 0 saturated heterocycles. The van der Waals surface area contributed by atoms with Gasteiger partial charge in [0.15, 0.2) is 0 Å². The van der Waals surface area contributed by atoms with E-state index in [0.29, 0.717) is 13.0 Å². The van der Waals surface area contributed by atoms with Crippen molar-refractivity contribution < 1.29 is 4.79 Å². The summed E-state index contributed by atoms with van der Waals surface area (Å²) in [6.45, 7) is 3.91. The van der Waals surface area contributed by atoms with Crippen LogP contribution in [0.2, 0.25) is 0 Å². The molecule has 0 aliphatic heterocycles. The lowest BCUT2D eigenvalue weighted by molar-refractivity contribution is -0.118. The Morgan fingerprint density at radius 1 is 1.50 bits per heavy atom. The van der Waals surface area contributed by atoms with Gasteiger partial charge in [-0.15, -0.1) is 0 Å². The molecule has 0 heterocycles. The predicted molar refractivity (Wildman–Crippen MR) is 49.8 cm³/mol. The second-order valence-corrected chi connectivity index (χ2v) is 2.90. The number of carbonyl (C=O) groups is 1. The van der Waals surface area contributed by atoms with Crippen molar-refractivity contribution >= 4 is 5.78 Å². The van der Waals surface area contributed by atoms with Gasteiger partial charge in [-0.25, -0.2) is 0 Å². The van der Waals surface area contributed by atoms with Gasteiger partial charge in [0.2, 0.25) is 0 Å². The van der Waals surface area contributed by atoms with Crippen LogP contribution < -0.4 is 16.8 Å². The van der Waals surface area contributed by atoms with E-state index >= 15 is 0 Å². The Balaban J connectivity index is 3.14. The number of nitrogens with one attached hydrogen (secondary N) is 1. The largest absolute Gasteiger partial charge is 0.330 e. The van der Waals surface area contributed by atoms with Crippen LogP contribution in [-0.4, -0.2) is 31.5 Å². The molecule has 5 N–H and O–H groups in total. The van der Waals surface area contributed by atoms with Crippen LogP contribution in [0.25, 0.3) is 0 Å². The van der Waals surface area contributed by atoms with Gasteiger partial charge in [0, 0.05) is 0 Å². The van der Waals surface area contributed by atoms with E-state index in [9.17, 15) is 4.79 Å². The summed E-state index contributed by atoms with van der Waals surface area (Å²) in [5.41, 5.74) is 10.8. The third-order valence-corrected chi connectivity index (χ3v) is 1.71. The Bertz CT molecular complexity index is 127. The van der Waals surface area contributed by atoms with Crippen molar-refractivity contribution in [1.82, 2.24) is 5.32 Å². The molecule has 1 atom stereocenters. The average Bonchev–Trinajstić information content (AvgIpc) is 2.03. The van der Waals surface area contributed by atoms with E-state index in [1.54, 1.807) is 0 Å². The molecular weight excluding hydrogens is 154 g/mol. The highest BCUT2D eigenvalue weighted by Crippen LogP contribution is 1.87. The maximum absolute atomic E-state index is 10.7. The summed E-state index contributed by atoms with van der Waals surface area (Å²) in [6.07, 6.45) is 1.68. The standard InChI is InChI=1S/C8H19N3O/c1-7(12)8(10)3-6-11-5-2-4-9/h8,11H,2-6,9-10H2,1H3. The van der Waals surface area contributed by atoms with Crippen molar-refractivity contribution in [1.29, 1.82) is 0 Å². The van der Waals surface area contributed by atoms with Crippen LogP contribution >= 0.6 is 0 Å². The van der Waals surface area contributed by atoms with Crippen LogP contribution in [-0.2, 0) is 4.79 Å². The van der Waals surface area contributed by atoms with Crippen molar-refractivity contribution in [2.45, 2.75) is 25.8 Å². The zero-order chi connectivity index (χ0) is 9.40. The molecule has 0 saturated carbocycles. The van der Waals surface area contributed by atoms with Gasteiger partial charge in [-0.3, -0.25) is 4.79 Å². The Labute approximate surface area is 73.7 Å². The Hall–Kier alpha value is -0.450. The van der Waals surface area contributed by atoms with Crippen LogP contribution in [0.1, 0.15) is 19.8 Å². The molecule has 4 nitrogen and oxygen atoms in total. The van der Waals surface area contributed by atoms with Crippen molar-refractivity contribution in [3.05, 3.63) is 0 Å². The van der Waals surface area contributed by atoms with Gasteiger partial charge in [-0.05, 0) is 39.4 Å². The molecule has 0 rings (SSSR count). The van der Waals surface area contributed by atoms with Crippen LogP contribution in [0.3, 0.4) is 0 Å². The first-order chi connectivity index (χ1) is 5.68. The smallest absolute Gasteiger partial charge is 0.146 e. The lowest BCUT2D eigenvalue weighted by Crippen LogP contribution is -2.32. The molecule has 0 amide bonds. The van der Waals surface area contributed by atoms with Crippen LogP contribution in [0.4, 0.5) is 0 Å². The quantitative estimate of drug-likeness (QED) is 0.442. The molecule has 12 heavy (non-hydrogen) atoms. The molecule has 72 valence electrons. The van der Waals surface area contributed by atoms with Gasteiger partial charge in [0.25, 0.3) is 0 Å². The number of Topliss-reactive ketones (excluding diaryl/α,β-unsaturated/α-hetero) is 1. The molecule has 4 heteroatoms. The zero-order valence-electron chi connectivity index (χ0n) is 7.68. The maximum atomic E-state index is 10.7. The van der Waals surface area contributed by atoms with Crippen LogP contribution in [0.5, 0.6) is 0 Å². The summed E-state index contributed by atoms with van der Waals surface area (Å²) >= 11 is 0. The second kappa shape index (κ2) is 7.21. The second-order valence-electron chi connectivity index (χ2n) is 2.90. The topological polar surface area (TPSA) is 81.1 Å². The Kier molecular flexibility index (Phi) is 6.94. The van der Waals surface area contributed by atoms with Gasteiger partial charge in [-0.2, -0.15) is 0 Å². The molecule has 0 aromatic heterocycles. The minimum absolute atomic E-state index is 0.0515. The Morgan fingerprint density at radius 3 is 2.67 bits per heavy atom. The molecule has 0 aromatic carbocycles. The fourth-order valence-electron chi connectivity index (χ4n) is 0.813. The maximum Gasteiger partial charge on any atom is 0.146 e. The molecular formula is C8H19N3O. The number of hydrogen-bond acceptors (Lipinski definition) is 4. The summed E-state index contributed by atoms with van der Waals surface area (Å²) < 4.78 is 0. The summed E-state index contributed by atoms with van der Waals surface area (Å²) in [6, 6.07) is -0.310. The van der Waals surface area contributed by atoms with Crippen molar-refractivity contribution in [2.75, 3.05) is 19.6 Å². The number of nitrogens with two attached hydrogens (primary N) is 2. The fourth-order valence-corrected chi connectivity index (χ4v) is 0.813. The molecule has 0 fully saturated rings. The van der Waals surface area contributed by atoms with E-state index in [4.69, 9.17) is 11.5 Å². The fraction of sp³-hybridized carbons (Fsp3) is 0.875. The number of hydrogen-bond donors (Lipinski definition) is 3. The molecule has 0 aliphatic rings. The van der Waals surface area contributed by atoms with Gasteiger partial charge in [-0.1, -0.05) is 0 Å². The third-order valence-electron chi connectivity index (χ3n) is 1.71. The molecule has 0 radical (unpaired) electrons. The highest BCUT2D eigenvalue weighted by Gasteiger charge is 2.05. The van der Waals surface area contributed by atoms with Crippen molar-refractivity contribution in [3.63, 3.8) is 0 Å². The van der Waals surface area contributed by atoms with E-state index in [0.717, 1.165) is 19.5 Å². The van der Waals surface area contributed by atoms with E-state index in [-0.39, 0.29) is 11.8 Å². The predicted octanol–water partition coefficient (Wildman–Crippen LogP) is -0.769. The van der Waals surface area contributed by atoms with E-state index in [1.807, 2.05) is 0 Å². The molecule has 0 aliphatic carbocycles. The van der Waals surface area contributed by atoms with E-state index in [1.165, 1.54) is 6.92 Å². The highest BCUT2D eigenvalue weighted by atomic mass is 16.1. The normalized spacial score (nSPS) is 12.9. The van der Waals surface area contributed by atoms with Gasteiger partial charge in [0.05, 0.1) is 6.04 Å². The summed E-state index contributed by atoms with van der Waals surface area (Å²) in [4.78, 5) is 10.7. The van der Waals surface area contributed by atoms with Crippen molar-refractivity contribution in [2.24, 2.45) is 11.5 Å². The Morgan fingerprint density at radius 2 is 2.17 bits per heavy atom. The van der Waals surface area contributed by atoms with Crippen LogP contribution in [0, 0.1) is 0 Å². The summed E-state index contributed by atoms with van der Waals surface area (Å²) in [5, 5.41) is 3.16. The highest BCUT2D eigenvalue weighted by molar-refractivity contribution is 5.81. The average molecular weight is 173 g/mol. The molecule has 0 spiro atoms. The summed E-state index contributed by atoms with van der Waals surface area (Å²) in [7, 11) is 0. The molecule has 0 bridgehead atoms. The van der Waals surface area contributed by atoms with Gasteiger partial charge < -0.3 is 16.8 Å². The molecule has 1 unspecified atom stereocenters. The first-order valence-corrected chi connectivity index (χ1v) is 4.35. The van der Waals surface area contributed by atoms with Crippen LogP contribution in [0.15, 0.2) is 0 Å². The number of carbonyl (C=O) groups excluding carboxylic acids is 1. The number of rotatable bonds is 7. The first kappa shape index (κ1) is 11.6. The minimum Gasteiger partial charge on any atom is -0.330 e. The van der Waals surface area contributed by atoms with Gasteiger partial charge >= 0.3 is 0 Å². The lowest BCUT2D eigenvalue weighted by Gasteiger charge is -2.07. The lowest BCUT2D eigenvalue weighted by atomic mass is 10.1. The first-order valence-electron chi connectivity index (χ1n) is 4.35. The number of ketones is 1. The SMILES string of the molecule is CC(=O)C(N)CCNCCCN. The monoisotopic (exact) mass is 173 g/mol. The summed E-state index contributed by atoms with van der Waals surface area (Å²) in [5.74, 6) is 0.0515.